The average Bonchev–Trinajstić information content (AvgIpc) is 2.39. The molecule has 2 fully saturated rings. The second-order valence-electron chi connectivity index (χ2n) is 5.56. The molecule has 17 heavy (non-hydrogen) atoms. The fraction of sp³-hybridized carbons (Fsp3) is 0.923. The summed E-state index contributed by atoms with van der Waals surface area (Å²) in [4.78, 5) is 16.2. The smallest absolute Gasteiger partial charge is 0.236 e. The first kappa shape index (κ1) is 12.8. The molecule has 2 saturated heterocycles. The summed E-state index contributed by atoms with van der Waals surface area (Å²) < 4.78 is 0. The van der Waals surface area contributed by atoms with Crippen LogP contribution < -0.4 is 5.73 Å². The van der Waals surface area contributed by atoms with E-state index in [2.05, 4.69) is 11.8 Å². The van der Waals surface area contributed by atoms with Crippen molar-refractivity contribution < 1.29 is 4.79 Å². The summed E-state index contributed by atoms with van der Waals surface area (Å²) in [5.41, 5.74) is 5.44. The van der Waals surface area contributed by atoms with Crippen LogP contribution in [0.1, 0.15) is 32.6 Å². The van der Waals surface area contributed by atoms with Crippen molar-refractivity contribution >= 4 is 5.91 Å². The monoisotopic (exact) mass is 239 g/mol. The van der Waals surface area contributed by atoms with E-state index in [0.29, 0.717) is 6.04 Å². The highest BCUT2D eigenvalue weighted by Gasteiger charge is 2.29. The lowest BCUT2D eigenvalue weighted by Crippen LogP contribution is -2.52. The van der Waals surface area contributed by atoms with Gasteiger partial charge in [-0.05, 0) is 44.7 Å². The van der Waals surface area contributed by atoms with Gasteiger partial charge in [0.1, 0.15) is 0 Å². The summed E-state index contributed by atoms with van der Waals surface area (Å²) in [6.45, 7) is 6.69. The van der Waals surface area contributed by atoms with Crippen LogP contribution in [0.2, 0.25) is 0 Å². The summed E-state index contributed by atoms with van der Waals surface area (Å²) >= 11 is 0. The largest absolute Gasteiger partial charge is 0.340 e. The second-order valence-corrected chi connectivity index (χ2v) is 5.56. The summed E-state index contributed by atoms with van der Waals surface area (Å²) in [6.07, 6.45) is 4.98. The molecular weight excluding hydrogens is 214 g/mol. The van der Waals surface area contributed by atoms with Crippen LogP contribution in [-0.2, 0) is 4.79 Å². The Morgan fingerprint density at radius 2 is 1.94 bits per heavy atom. The molecule has 1 amide bonds. The maximum atomic E-state index is 11.6. The first-order chi connectivity index (χ1) is 8.20. The molecule has 0 aromatic rings. The molecule has 98 valence electrons. The van der Waals surface area contributed by atoms with Gasteiger partial charge in [0.15, 0.2) is 0 Å². The fourth-order valence-electron chi connectivity index (χ4n) is 3.00. The summed E-state index contributed by atoms with van der Waals surface area (Å²) in [5.74, 6) is 0.983. The van der Waals surface area contributed by atoms with E-state index in [0.717, 1.165) is 25.4 Å². The van der Waals surface area contributed by atoms with Crippen LogP contribution in [0.5, 0.6) is 0 Å². The van der Waals surface area contributed by atoms with Gasteiger partial charge in [-0.1, -0.05) is 6.92 Å². The van der Waals surface area contributed by atoms with Gasteiger partial charge in [0.25, 0.3) is 0 Å². The Kier molecular flexibility index (Phi) is 4.40. The van der Waals surface area contributed by atoms with Crippen molar-refractivity contribution in [2.75, 3.05) is 32.7 Å². The first-order valence-corrected chi connectivity index (χ1v) is 6.92. The highest BCUT2D eigenvalue weighted by molar-refractivity contribution is 5.78. The molecule has 0 aliphatic carbocycles. The van der Waals surface area contributed by atoms with Crippen LogP contribution in [-0.4, -0.2) is 54.5 Å². The third-order valence-electron chi connectivity index (χ3n) is 4.26. The Morgan fingerprint density at radius 3 is 2.59 bits per heavy atom. The van der Waals surface area contributed by atoms with Crippen LogP contribution in [0.3, 0.4) is 0 Å². The molecule has 2 aliphatic rings. The number of carbonyl (C=O) groups excluding carboxylic acids is 1. The second kappa shape index (κ2) is 5.83. The number of hydrogen-bond donors (Lipinski definition) is 1. The van der Waals surface area contributed by atoms with Crippen molar-refractivity contribution in [3.05, 3.63) is 0 Å². The van der Waals surface area contributed by atoms with Crippen molar-refractivity contribution in [2.24, 2.45) is 11.7 Å². The van der Waals surface area contributed by atoms with E-state index in [1.807, 2.05) is 4.90 Å². The molecule has 1 atom stereocenters. The van der Waals surface area contributed by atoms with Crippen LogP contribution >= 0.6 is 0 Å². The molecule has 0 bridgehead atoms. The lowest BCUT2D eigenvalue weighted by Gasteiger charge is -2.42. The molecule has 0 saturated carbocycles. The Hall–Kier alpha value is -0.610. The third kappa shape index (κ3) is 3.19. The number of nitrogens with two attached hydrogens (primary N) is 1. The van der Waals surface area contributed by atoms with Gasteiger partial charge in [0.05, 0.1) is 6.54 Å². The van der Waals surface area contributed by atoms with E-state index in [1.165, 1.54) is 32.4 Å². The SMILES string of the molecule is CC1CCN(C2CCCN(C(=O)CN)C2)CC1. The fourth-order valence-corrected chi connectivity index (χ4v) is 3.00. The molecule has 4 nitrogen and oxygen atoms in total. The van der Waals surface area contributed by atoms with Crippen molar-refractivity contribution in [1.29, 1.82) is 0 Å². The Morgan fingerprint density at radius 1 is 1.24 bits per heavy atom. The molecule has 2 aliphatic heterocycles. The van der Waals surface area contributed by atoms with Crippen LogP contribution in [0, 0.1) is 5.92 Å². The zero-order chi connectivity index (χ0) is 12.3. The number of amides is 1. The number of piperidine rings is 2. The Balaban J connectivity index is 1.86. The highest BCUT2D eigenvalue weighted by atomic mass is 16.2. The average molecular weight is 239 g/mol. The molecule has 0 spiro atoms. The zero-order valence-corrected chi connectivity index (χ0v) is 10.9. The summed E-state index contributed by atoms with van der Waals surface area (Å²) in [5, 5.41) is 0. The van der Waals surface area contributed by atoms with Gasteiger partial charge in [-0.15, -0.1) is 0 Å². The van der Waals surface area contributed by atoms with Gasteiger partial charge in [-0.2, -0.15) is 0 Å². The van der Waals surface area contributed by atoms with Crippen molar-refractivity contribution in [3.8, 4) is 0 Å². The minimum atomic E-state index is 0.111. The molecule has 0 aromatic carbocycles. The van der Waals surface area contributed by atoms with Gasteiger partial charge in [0.2, 0.25) is 5.91 Å². The standard InChI is InChI=1S/C13H25N3O/c1-11-4-7-15(8-5-11)12-3-2-6-16(10-12)13(17)9-14/h11-12H,2-10,14H2,1H3. The maximum Gasteiger partial charge on any atom is 0.236 e. The van der Waals surface area contributed by atoms with E-state index in [-0.39, 0.29) is 12.5 Å². The number of hydrogen-bond acceptors (Lipinski definition) is 3. The normalized spacial score (nSPS) is 28.4. The Labute approximate surface area is 104 Å². The molecule has 0 aromatic heterocycles. The lowest BCUT2D eigenvalue weighted by atomic mass is 9.95. The number of carbonyl (C=O) groups is 1. The van der Waals surface area contributed by atoms with E-state index < -0.39 is 0 Å². The molecule has 2 N–H and O–H groups in total. The maximum absolute atomic E-state index is 11.6. The number of nitrogens with zero attached hydrogens (tertiary/aromatic N) is 2. The minimum absolute atomic E-state index is 0.111. The third-order valence-corrected chi connectivity index (χ3v) is 4.26. The van der Waals surface area contributed by atoms with Crippen LogP contribution in [0.25, 0.3) is 0 Å². The molecule has 2 rings (SSSR count). The van der Waals surface area contributed by atoms with Crippen LogP contribution in [0.15, 0.2) is 0 Å². The number of likely N-dealkylation sites (tertiary alicyclic amines) is 2. The van der Waals surface area contributed by atoms with Gasteiger partial charge in [0, 0.05) is 19.1 Å². The van der Waals surface area contributed by atoms with Gasteiger partial charge in [-0.25, -0.2) is 0 Å². The predicted molar refractivity (Wildman–Crippen MR) is 68.6 cm³/mol. The van der Waals surface area contributed by atoms with Crippen molar-refractivity contribution in [1.82, 2.24) is 9.80 Å². The number of rotatable bonds is 2. The van der Waals surface area contributed by atoms with Crippen LogP contribution in [0.4, 0.5) is 0 Å². The van der Waals surface area contributed by atoms with Crippen molar-refractivity contribution in [2.45, 2.75) is 38.6 Å². The molecule has 4 heteroatoms. The minimum Gasteiger partial charge on any atom is -0.340 e. The van der Waals surface area contributed by atoms with E-state index in [9.17, 15) is 4.79 Å². The van der Waals surface area contributed by atoms with Crippen molar-refractivity contribution in [3.63, 3.8) is 0 Å². The molecule has 0 radical (unpaired) electrons. The molecular formula is C13H25N3O. The lowest BCUT2D eigenvalue weighted by molar-refractivity contribution is -0.132. The van der Waals surface area contributed by atoms with Gasteiger partial charge in [-0.3, -0.25) is 9.69 Å². The first-order valence-electron chi connectivity index (χ1n) is 6.92. The van der Waals surface area contributed by atoms with Gasteiger partial charge < -0.3 is 10.6 Å². The molecule has 1 unspecified atom stereocenters. The summed E-state index contributed by atoms with van der Waals surface area (Å²) in [7, 11) is 0. The van der Waals surface area contributed by atoms with Gasteiger partial charge >= 0.3 is 0 Å². The van der Waals surface area contributed by atoms with E-state index in [4.69, 9.17) is 5.73 Å². The van der Waals surface area contributed by atoms with E-state index in [1.54, 1.807) is 0 Å². The highest BCUT2D eigenvalue weighted by Crippen LogP contribution is 2.22. The molecule has 2 heterocycles. The quantitative estimate of drug-likeness (QED) is 0.770. The zero-order valence-electron chi connectivity index (χ0n) is 10.9. The van der Waals surface area contributed by atoms with E-state index >= 15 is 0 Å². The Bertz CT molecular complexity index is 261. The topological polar surface area (TPSA) is 49.6 Å². The predicted octanol–water partition coefficient (Wildman–Crippen LogP) is 0.668. The summed E-state index contributed by atoms with van der Waals surface area (Å²) in [6, 6.07) is 0.576.